The number of rotatable bonds is 9. The summed E-state index contributed by atoms with van der Waals surface area (Å²) >= 11 is 0. The second-order valence-corrected chi connectivity index (χ2v) is 7.32. The lowest BCUT2D eigenvalue weighted by Gasteiger charge is -2.46. The Labute approximate surface area is 176 Å². The molecule has 0 aliphatic carbocycles. The fourth-order valence-corrected chi connectivity index (χ4v) is 3.90. The van der Waals surface area contributed by atoms with Crippen LogP contribution in [0, 0.1) is 5.92 Å². The number of urea groups is 2. The Morgan fingerprint density at radius 2 is 1.67 bits per heavy atom. The zero-order valence-electron chi connectivity index (χ0n) is 17.6. The second-order valence-electron chi connectivity index (χ2n) is 7.32. The first-order valence-corrected chi connectivity index (χ1v) is 10.5. The highest BCUT2D eigenvalue weighted by Crippen LogP contribution is 2.33. The summed E-state index contributed by atoms with van der Waals surface area (Å²) in [4.78, 5) is 38.9. The molecule has 3 unspecified atom stereocenters. The Morgan fingerprint density at radius 3 is 2.27 bits per heavy atom. The van der Waals surface area contributed by atoms with Gasteiger partial charge in [-0.25, -0.2) is 9.59 Å². The van der Waals surface area contributed by atoms with E-state index in [1.54, 1.807) is 0 Å². The van der Waals surface area contributed by atoms with Gasteiger partial charge in [-0.1, -0.05) is 37.6 Å². The molecule has 3 atom stereocenters. The fraction of sp³-hybridized carbons (Fsp3) is 0.571. The second kappa shape index (κ2) is 9.90. The van der Waals surface area contributed by atoms with Crippen molar-refractivity contribution >= 4 is 18.0 Å². The average Bonchev–Trinajstić information content (AvgIpc) is 2.73. The molecule has 0 radical (unpaired) electrons. The Hall–Kier alpha value is -2.65. The minimum Gasteiger partial charge on any atom is -0.349 e. The van der Waals surface area contributed by atoms with Gasteiger partial charge >= 0.3 is 12.1 Å². The molecule has 0 spiro atoms. The van der Waals surface area contributed by atoms with Crippen molar-refractivity contribution in [3.63, 3.8) is 0 Å². The van der Waals surface area contributed by atoms with E-state index in [9.17, 15) is 14.4 Å². The van der Waals surface area contributed by atoms with Gasteiger partial charge in [-0.2, -0.15) is 0 Å². The van der Waals surface area contributed by atoms with Gasteiger partial charge in [0.2, 0.25) is 5.91 Å². The van der Waals surface area contributed by atoms with Crippen molar-refractivity contribution < 1.29 is 23.9 Å². The maximum Gasteiger partial charge on any atom is 0.325 e. The summed E-state index contributed by atoms with van der Waals surface area (Å²) < 4.78 is 11.3. The molecule has 0 saturated carbocycles. The third-order valence-corrected chi connectivity index (χ3v) is 5.35. The lowest BCUT2D eigenvalue weighted by molar-refractivity contribution is -0.140. The first-order valence-electron chi connectivity index (χ1n) is 10.5. The number of fused-ring (bicyclic) bond motifs is 1. The molecule has 9 nitrogen and oxygen atoms in total. The average molecular weight is 418 g/mol. The van der Waals surface area contributed by atoms with Crippen LogP contribution >= 0.6 is 0 Å². The van der Waals surface area contributed by atoms with Crippen LogP contribution in [0.15, 0.2) is 24.3 Å². The lowest BCUT2D eigenvalue weighted by atomic mass is 9.85. The number of benzene rings is 1. The van der Waals surface area contributed by atoms with Gasteiger partial charge in [0.05, 0.1) is 6.04 Å². The molecule has 30 heavy (non-hydrogen) atoms. The third-order valence-electron chi connectivity index (χ3n) is 5.35. The van der Waals surface area contributed by atoms with E-state index < -0.39 is 42.4 Å². The van der Waals surface area contributed by atoms with Gasteiger partial charge in [0.25, 0.3) is 0 Å². The Kier molecular flexibility index (Phi) is 7.28. The number of carbonyl (C=O) groups is 3. The molecule has 2 saturated heterocycles. The standard InChI is InChI=1S/C21H30N4O5/c1-4-7-12-25-17-15(18(26)24-21(25)28)16(22-20(27)23-17)13-8-10-14(11-9-13)19(29-5-2)30-6-3/h8-11,15-17,19H,4-7,12H2,1-3H3,(H2,22,23,27)(H,24,26,28). The number of hydrogen-bond donors (Lipinski definition) is 3. The third kappa shape index (κ3) is 4.57. The number of amides is 5. The van der Waals surface area contributed by atoms with Gasteiger partial charge in [0, 0.05) is 25.3 Å². The van der Waals surface area contributed by atoms with Crippen LogP contribution in [0.1, 0.15) is 57.1 Å². The quantitative estimate of drug-likeness (QED) is 0.534. The van der Waals surface area contributed by atoms with Crippen molar-refractivity contribution in [3.8, 4) is 0 Å². The van der Waals surface area contributed by atoms with E-state index in [4.69, 9.17) is 9.47 Å². The van der Waals surface area contributed by atoms with Crippen LogP contribution in [-0.2, 0) is 14.3 Å². The molecule has 3 rings (SSSR count). The van der Waals surface area contributed by atoms with Crippen molar-refractivity contribution in [2.24, 2.45) is 5.92 Å². The first-order chi connectivity index (χ1) is 14.5. The van der Waals surface area contributed by atoms with Crippen LogP contribution < -0.4 is 16.0 Å². The zero-order valence-corrected chi connectivity index (χ0v) is 17.6. The van der Waals surface area contributed by atoms with Crippen LogP contribution in [0.25, 0.3) is 0 Å². The van der Waals surface area contributed by atoms with Crippen molar-refractivity contribution in [2.45, 2.75) is 52.1 Å². The summed E-state index contributed by atoms with van der Waals surface area (Å²) in [5.41, 5.74) is 1.63. The predicted octanol–water partition coefficient (Wildman–Crippen LogP) is 2.41. The highest BCUT2D eigenvalue weighted by Gasteiger charge is 2.49. The molecule has 5 amide bonds. The van der Waals surface area contributed by atoms with E-state index >= 15 is 0 Å². The largest absolute Gasteiger partial charge is 0.349 e. The minimum absolute atomic E-state index is 0.402. The van der Waals surface area contributed by atoms with Gasteiger partial charge in [0.15, 0.2) is 6.29 Å². The number of nitrogens with zero attached hydrogens (tertiary/aromatic N) is 1. The molecular weight excluding hydrogens is 388 g/mol. The monoisotopic (exact) mass is 418 g/mol. The van der Waals surface area contributed by atoms with Crippen LogP contribution in [0.5, 0.6) is 0 Å². The smallest absolute Gasteiger partial charge is 0.325 e. The Balaban J connectivity index is 1.86. The summed E-state index contributed by atoms with van der Waals surface area (Å²) in [5.74, 6) is -1.04. The number of ether oxygens (including phenoxy) is 2. The van der Waals surface area contributed by atoms with Crippen molar-refractivity contribution in [3.05, 3.63) is 35.4 Å². The molecule has 1 aromatic carbocycles. The number of carbonyl (C=O) groups excluding carboxylic acids is 3. The van der Waals surface area contributed by atoms with Crippen LogP contribution in [0.4, 0.5) is 9.59 Å². The van der Waals surface area contributed by atoms with E-state index in [2.05, 4.69) is 16.0 Å². The first kappa shape index (κ1) is 22.0. The van der Waals surface area contributed by atoms with Crippen molar-refractivity contribution in [1.29, 1.82) is 0 Å². The molecule has 2 aliphatic heterocycles. The van der Waals surface area contributed by atoms with Gasteiger partial charge in [-0.05, 0) is 25.8 Å². The molecule has 0 aromatic heterocycles. The van der Waals surface area contributed by atoms with Crippen LogP contribution in [0.2, 0.25) is 0 Å². The predicted molar refractivity (Wildman–Crippen MR) is 109 cm³/mol. The van der Waals surface area contributed by atoms with Crippen LogP contribution in [-0.4, -0.2) is 48.8 Å². The lowest BCUT2D eigenvalue weighted by Crippen LogP contribution is -2.72. The van der Waals surface area contributed by atoms with E-state index in [0.29, 0.717) is 19.8 Å². The van der Waals surface area contributed by atoms with Gasteiger partial charge < -0.3 is 25.0 Å². The SMILES string of the molecule is CCCCN1C(=O)NC(=O)C2C(c3ccc(C(OCC)OCC)cc3)NC(=O)NC21. The summed E-state index contributed by atoms with van der Waals surface area (Å²) in [7, 11) is 0. The van der Waals surface area contributed by atoms with E-state index in [1.807, 2.05) is 45.0 Å². The number of imide groups is 1. The summed E-state index contributed by atoms with van der Waals surface area (Å²) in [5, 5.41) is 8.03. The van der Waals surface area contributed by atoms with Crippen LogP contribution in [0.3, 0.4) is 0 Å². The van der Waals surface area contributed by atoms with E-state index in [1.165, 1.54) is 4.90 Å². The number of unbranched alkanes of at least 4 members (excludes halogenated alkanes) is 1. The van der Waals surface area contributed by atoms with E-state index in [0.717, 1.165) is 24.0 Å². The molecule has 0 bridgehead atoms. The van der Waals surface area contributed by atoms with Gasteiger partial charge in [-0.3, -0.25) is 10.1 Å². The summed E-state index contributed by atoms with van der Waals surface area (Å²) in [6.45, 7) is 7.32. The molecule has 164 valence electrons. The highest BCUT2D eigenvalue weighted by atomic mass is 16.7. The van der Waals surface area contributed by atoms with Crippen molar-refractivity contribution in [2.75, 3.05) is 19.8 Å². The molecule has 9 heteroatoms. The van der Waals surface area contributed by atoms with Crippen molar-refractivity contribution in [1.82, 2.24) is 20.9 Å². The van der Waals surface area contributed by atoms with E-state index in [-0.39, 0.29) is 0 Å². The minimum atomic E-state index is -0.684. The molecular formula is C21H30N4O5. The molecule has 2 heterocycles. The summed E-state index contributed by atoms with van der Waals surface area (Å²) in [6.07, 6.45) is 0.525. The summed E-state index contributed by atoms with van der Waals surface area (Å²) in [6, 6.07) is 6.01. The fourth-order valence-electron chi connectivity index (χ4n) is 3.90. The maximum atomic E-state index is 12.7. The molecule has 2 fully saturated rings. The Bertz CT molecular complexity index is 763. The van der Waals surface area contributed by atoms with Gasteiger partial charge in [-0.15, -0.1) is 0 Å². The maximum absolute atomic E-state index is 12.7. The molecule has 2 aliphatic rings. The highest BCUT2D eigenvalue weighted by molar-refractivity contribution is 6.00. The molecule has 3 N–H and O–H groups in total. The Morgan fingerprint density at radius 1 is 1.00 bits per heavy atom. The zero-order chi connectivity index (χ0) is 21.7. The molecule has 1 aromatic rings. The topological polar surface area (TPSA) is 109 Å². The van der Waals surface area contributed by atoms with Gasteiger partial charge in [0.1, 0.15) is 12.1 Å². The normalized spacial score (nSPS) is 23.7. The number of nitrogens with one attached hydrogen (secondary N) is 3. The number of hydrogen-bond acceptors (Lipinski definition) is 5.